The molecule has 1 heterocycles. The molecular formula is C18H22F3N3O3. The van der Waals surface area contributed by atoms with Crippen LogP contribution in [0, 0.1) is 10.1 Å². The van der Waals surface area contributed by atoms with Crippen molar-refractivity contribution in [3.63, 3.8) is 0 Å². The van der Waals surface area contributed by atoms with Crippen LogP contribution < -0.4 is 5.32 Å². The van der Waals surface area contributed by atoms with Crippen molar-refractivity contribution in [2.24, 2.45) is 0 Å². The molecule has 0 radical (unpaired) electrons. The molecule has 0 bridgehead atoms. The Kier molecular flexibility index (Phi) is 5.69. The van der Waals surface area contributed by atoms with Gasteiger partial charge < -0.3 is 5.32 Å². The van der Waals surface area contributed by atoms with Gasteiger partial charge in [-0.25, -0.2) is 0 Å². The molecule has 3 rings (SSSR count). The Hall–Kier alpha value is -2.16. The van der Waals surface area contributed by atoms with Crippen molar-refractivity contribution in [3.05, 3.63) is 38.9 Å². The summed E-state index contributed by atoms with van der Waals surface area (Å²) in [5.74, 6) is -2.01. The minimum Gasteiger partial charge on any atom is -0.341 e. The summed E-state index contributed by atoms with van der Waals surface area (Å²) < 4.78 is 37.8. The molecule has 1 amide bonds. The van der Waals surface area contributed by atoms with E-state index in [0.717, 1.165) is 32.4 Å². The van der Waals surface area contributed by atoms with Gasteiger partial charge >= 0.3 is 12.1 Å². The van der Waals surface area contributed by atoms with Crippen molar-refractivity contribution in [1.29, 1.82) is 0 Å². The molecular weight excluding hydrogens is 363 g/mol. The number of benzene rings is 1. The predicted octanol–water partition coefficient (Wildman–Crippen LogP) is 3.64. The van der Waals surface area contributed by atoms with Crippen LogP contribution in [-0.2, 0) is 17.8 Å². The minimum atomic E-state index is -4.97. The highest BCUT2D eigenvalue weighted by Gasteiger charge is 2.41. The lowest BCUT2D eigenvalue weighted by Gasteiger charge is -2.29. The second-order valence-corrected chi connectivity index (χ2v) is 7.15. The van der Waals surface area contributed by atoms with Crippen molar-refractivity contribution < 1.29 is 22.9 Å². The van der Waals surface area contributed by atoms with Gasteiger partial charge in [0.1, 0.15) is 0 Å². The number of hydrogen-bond acceptors (Lipinski definition) is 4. The van der Waals surface area contributed by atoms with Gasteiger partial charge in [-0.1, -0.05) is 18.6 Å². The topological polar surface area (TPSA) is 75.5 Å². The summed E-state index contributed by atoms with van der Waals surface area (Å²) in [5.41, 5.74) is 1.45. The van der Waals surface area contributed by atoms with Crippen LogP contribution in [0.4, 0.5) is 18.9 Å². The first-order valence-corrected chi connectivity index (χ1v) is 9.16. The number of alkyl halides is 3. The molecule has 1 N–H and O–H groups in total. The van der Waals surface area contributed by atoms with Gasteiger partial charge in [0.2, 0.25) is 0 Å². The van der Waals surface area contributed by atoms with Gasteiger partial charge in [-0.15, -0.1) is 0 Å². The molecule has 0 saturated carbocycles. The van der Waals surface area contributed by atoms with Crippen molar-refractivity contribution in [2.45, 2.75) is 57.3 Å². The third-order valence-electron chi connectivity index (χ3n) is 5.29. The maximum Gasteiger partial charge on any atom is 0.471 e. The zero-order valence-corrected chi connectivity index (χ0v) is 14.8. The summed E-state index contributed by atoms with van der Waals surface area (Å²) in [6.07, 6.45) is -0.450. The number of rotatable bonds is 4. The number of likely N-dealkylation sites (tertiary alicyclic amines) is 1. The van der Waals surface area contributed by atoms with Gasteiger partial charge in [-0.05, 0) is 50.8 Å². The van der Waals surface area contributed by atoms with Crippen molar-refractivity contribution in [2.75, 3.05) is 13.1 Å². The van der Waals surface area contributed by atoms with Crippen LogP contribution in [-0.4, -0.2) is 35.0 Å². The van der Waals surface area contributed by atoms with E-state index in [4.69, 9.17) is 0 Å². The molecule has 27 heavy (non-hydrogen) atoms. The zero-order chi connectivity index (χ0) is 19.6. The molecule has 0 spiro atoms. The van der Waals surface area contributed by atoms with Gasteiger partial charge in [0.15, 0.2) is 0 Å². The number of hydrogen-bond donors (Lipinski definition) is 1. The van der Waals surface area contributed by atoms with Gasteiger partial charge in [0.25, 0.3) is 5.69 Å². The highest BCUT2D eigenvalue weighted by atomic mass is 19.4. The van der Waals surface area contributed by atoms with E-state index in [1.54, 1.807) is 12.1 Å². The molecule has 9 heteroatoms. The molecule has 2 aliphatic rings. The summed E-state index contributed by atoms with van der Waals surface area (Å²) in [6, 6.07) is 2.41. The predicted molar refractivity (Wildman–Crippen MR) is 92.1 cm³/mol. The molecule has 1 aliphatic carbocycles. The molecule has 1 aromatic carbocycles. The summed E-state index contributed by atoms with van der Waals surface area (Å²) in [4.78, 5) is 24.8. The van der Waals surface area contributed by atoms with E-state index in [1.807, 2.05) is 5.32 Å². The number of piperidine rings is 1. The third kappa shape index (κ3) is 4.40. The van der Waals surface area contributed by atoms with E-state index in [0.29, 0.717) is 42.5 Å². The number of carbonyl (C=O) groups excluding carboxylic acids is 1. The number of nitro benzene ring substituents is 1. The van der Waals surface area contributed by atoms with Crippen LogP contribution in [0.25, 0.3) is 0 Å². The number of nitro groups is 1. The number of halogens is 3. The fourth-order valence-electron chi connectivity index (χ4n) is 4.03. The second kappa shape index (κ2) is 7.84. The van der Waals surface area contributed by atoms with E-state index in [-0.39, 0.29) is 5.69 Å². The van der Waals surface area contributed by atoms with Crippen molar-refractivity contribution in [3.8, 4) is 0 Å². The lowest BCUT2D eigenvalue weighted by Crippen LogP contribution is -2.40. The number of amides is 1. The second-order valence-electron chi connectivity index (χ2n) is 7.15. The largest absolute Gasteiger partial charge is 0.471 e. The quantitative estimate of drug-likeness (QED) is 0.634. The summed E-state index contributed by atoms with van der Waals surface area (Å²) in [7, 11) is 0. The van der Waals surface area contributed by atoms with Crippen molar-refractivity contribution in [1.82, 2.24) is 10.2 Å². The number of carbonyl (C=O) groups is 1. The first kappa shape index (κ1) is 19.6. The molecule has 1 atom stereocenters. The summed E-state index contributed by atoms with van der Waals surface area (Å²) >= 11 is 0. The maximum absolute atomic E-state index is 12.6. The van der Waals surface area contributed by atoms with Crippen LogP contribution in [0.2, 0.25) is 0 Å². The molecule has 1 aliphatic heterocycles. The van der Waals surface area contributed by atoms with E-state index in [9.17, 15) is 28.1 Å². The average molecular weight is 385 g/mol. The number of nitrogens with zero attached hydrogens (tertiary/aromatic N) is 2. The Morgan fingerprint density at radius 2 is 1.93 bits per heavy atom. The van der Waals surface area contributed by atoms with Crippen LogP contribution in [0.3, 0.4) is 0 Å². The normalized spacial score (nSPS) is 20.8. The lowest BCUT2D eigenvalue weighted by atomic mass is 9.85. The van der Waals surface area contributed by atoms with Gasteiger partial charge in [-0.2, -0.15) is 13.2 Å². The highest BCUT2D eigenvalue weighted by molar-refractivity contribution is 5.82. The minimum absolute atomic E-state index is 0.0102. The smallest absolute Gasteiger partial charge is 0.341 e. The lowest BCUT2D eigenvalue weighted by molar-refractivity contribution is -0.386. The molecule has 1 unspecified atom stereocenters. The Bertz CT molecular complexity index is 731. The van der Waals surface area contributed by atoms with Crippen LogP contribution in [0.5, 0.6) is 0 Å². The van der Waals surface area contributed by atoms with E-state index in [1.165, 1.54) is 0 Å². The molecule has 148 valence electrons. The average Bonchev–Trinajstić information content (AvgIpc) is 2.61. The zero-order valence-electron chi connectivity index (χ0n) is 14.8. The first-order chi connectivity index (χ1) is 12.8. The van der Waals surface area contributed by atoms with E-state index in [2.05, 4.69) is 4.90 Å². The summed E-state index contributed by atoms with van der Waals surface area (Å²) in [5, 5.41) is 13.7. The fourth-order valence-corrected chi connectivity index (χ4v) is 4.03. The fraction of sp³-hybridized carbons (Fsp3) is 0.611. The third-order valence-corrected chi connectivity index (χ3v) is 5.29. The maximum atomic E-state index is 12.6. The Morgan fingerprint density at radius 1 is 1.22 bits per heavy atom. The van der Waals surface area contributed by atoms with Gasteiger partial charge in [-0.3, -0.25) is 19.8 Å². The van der Waals surface area contributed by atoms with Crippen LogP contribution in [0.15, 0.2) is 12.1 Å². The molecule has 1 aromatic rings. The van der Waals surface area contributed by atoms with E-state index < -0.39 is 23.0 Å². The standard InChI is InChI=1S/C18H22F3N3O3/c19-18(20,21)17(25)22-15-6-4-5-14-13(15)8-7-12(16(14)24(26)27)11-23-9-2-1-3-10-23/h7-8,15H,1-6,9-11H2,(H,22,25). The number of nitrogens with one attached hydrogen (secondary N) is 1. The Labute approximate surface area is 154 Å². The molecule has 1 fully saturated rings. The highest BCUT2D eigenvalue weighted by Crippen LogP contribution is 2.38. The first-order valence-electron chi connectivity index (χ1n) is 9.16. The molecule has 6 nitrogen and oxygen atoms in total. The van der Waals surface area contributed by atoms with Gasteiger partial charge in [0, 0.05) is 17.7 Å². The molecule has 0 aromatic heterocycles. The van der Waals surface area contributed by atoms with Crippen LogP contribution >= 0.6 is 0 Å². The molecule has 1 saturated heterocycles. The monoisotopic (exact) mass is 385 g/mol. The van der Waals surface area contributed by atoms with E-state index >= 15 is 0 Å². The van der Waals surface area contributed by atoms with Gasteiger partial charge in [0.05, 0.1) is 11.0 Å². The summed E-state index contributed by atoms with van der Waals surface area (Å²) in [6.45, 7) is 2.24. The Morgan fingerprint density at radius 3 is 2.56 bits per heavy atom. The Balaban J connectivity index is 1.90. The van der Waals surface area contributed by atoms with Crippen LogP contribution in [0.1, 0.15) is 54.8 Å². The van der Waals surface area contributed by atoms with Crippen molar-refractivity contribution >= 4 is 11.6 Å². The SMILES string of the molecule is O=C(NC1CCCc2c1ccc(CN1CCCCC1)c2[N+](=O)[O-])C(F)(F)F. The number of fused-ring (bicyclic) bond motifs is 1.